The number of hydrogen-bond acceptors (Lipinski definition) is 2. The Hall–Kier alpha value is -0.330. The van der Waals surface area contributed by atoms with Gasteiger partial charge in [0.2, 0.25) is 0 Å². The summed E-state index contributed by atoms with van der Waals surface area (Å²) in [6.45, 7) is 5.57. The molecule has 0 atom stereocenters. The van der Waals surface area contributed by atoms with Crippen molar-refractivity contribution >= 4 is 40.1 Å². The molecule has 16 heavy (non-hydrogen) atoms. The number of hydrogen-bond donors (Lipinski definition) is 1. The quantitative estimate of drug-likeness (QED) is 0.654. The molecule has 0 saturated carbocycles. The number of nitrogens with one attached hydrogen (secondary N) is 1. The van der Waals surface area contributed by atoms with Crippen LogP contribution in [0.2, 0.25) is 5.02 Å². The lowest BCUT2D eigenvalue weighted by Gasteiger charge is -2.19. The van der Waals surface area contributed by atoms with Crippen LogP contribution in [0, 0.1) is 3.57 Å². The maximum atomic E-state index is 11.8. The van der Waals surface area contributed by atoms with Crippen molar-refractivity contribution in [2.24, 2.45) is 0 Å². The maximum absolute atomic E-state index is 11.8. The first-order chi connectivity index (χ1) is 7.29. The molecular weight excluding hydrogens is 340 g/mol. The van der Waals surface area contributed by atoms with E-state index in [1.54, 1.807) is 18.2 Å². The Balaban J connectivity index is 2.77. The van der Waals surface area contributed by atoms with Crippen LogP contribution in [0.3, 0.4) is 0 Å². The van der Waals surface area contributed by atoms with E-state index in [-0.39, 0.29) is 5.91 Å². The van der Waals surface area contributed by atoms with Crippen molar-refractivity contribution < 1.29 is 9.63 Å². The van der Waals surface area contributed by atoms with E-state index >= 15 is 0 Å². The summed E-state index contributed by atoms with van der Waals surface area (Å²) >= 11 is 7.90. The molecule has 5 heteroatoms. The first-order valence-electron chi connectivity index (χ1n) is 4.73. The normalized spacial score (nSPS) is 11.3. The van der Waals surface area contributed by atoms with E-state index in [0.717, 1.165) is 3.57 Å². The molecule has 1 N–H and O–H groups in total. The van der Waals surface area contributed by atoms with Gasteiger partial charge in [0.1, 0.15) is 0 Å². The lowest BCUT2D eigenvalue weighted by atomic mass is 10.2. The number of benzene rings is 1. The monoisotopic (exact) mass is 353 g/mol. The molecule has 88 valence electrons. The topological polar surface area (TPSA) is 38.3 Å². The van der Waals surface area contributed by atoms with Gasteiger partial charge in [-0.05, 0) is 61.6 Å². The Labute approximate surface area is 114 Å². The molecule has 0 radical (unpaired) electrons. The minimum atomic E-state index is -0.417. The van der Waals surface area contributed by atoms with Crippen LogP contribution in [0.4, 0.5) is 0 Å². The van der Waals surface area contributed by atoms with Crippen LogP contribution in [0.5, 0.6) is 0 Å². The van der Waals surface area contributed by atoms with Crippen LogP contribution < -0.4 is 5.48 Å². The van der Waals surface area contributed by atoms with Gasteiger partial charge >= 0.3 is 0 Å². The number of amides is 1. The predicted octanol–water partition coefficient (Wildman–Crippen LogP) is 3.40. The first kappa shape index (κ1) is 13.7. The van der Waals surface area contributed by atoms with E-state index in [0.29, 0.717) is 10.6 Å². The van der Waals surface area contributed by atoms with Gasteiger partial charge in [-0.2, -0.15) is 0 Å². The highest BCUT2D eigenvalue weighted by Gasteiger charge is 2.15. The van der Waals surface area contributed by atoms with Gasteiger partial charge in [-0.25, -0.2) is 5.48 Å². The number of rotatable bonds is 2. The molecule has 0 fully saturated rings. The van der Waals surface area contributed by atoms with Crippen molar-refractivity contribution in [3.05, 3.63) is 32.4 Å². The van der Waals surface area contributed by atoms with Crippen LogP contribution in [-0.2, 0) is 4.84 Å². The Bertz CT molecular complexity index is 401. The summed E-state index contributed by atoms with van der Waals surface area (Å²) in [7, 11) is 0. The van der Waals surface area contributed by atoms with Crippen molar-refractivity contribution in [3.8, 4) is 0 Å². The highest BCUT2D eigenvalue weighted by Crippen LogP contribution is 2.18. The molecule has 1 rings (SSSR count). The fourth-order valence-corrected chi connectivity index (χ4v) is 1.68. The molecule has 1 amide bonds. The molecule has 0 saturated heterocycles. The summed E-state index contributed by atoms with van der Waals surface area (Å²) in [5.41, 5.74) is 2.50. The molecule has 3 nitrogen and oxygen atoms in total. The van der Waals surface area contributed by atoms with E-state index in [1.807, 2.05) is 20.8 Å². The van der Waals surface area contributed by atoms with E-state index in [1.165, 1.54) is 0 Å². The first-order valence-corrected chi connectivity index (χ1v) is 6.19. The third kappa shape index (κ3) is 4.27. The fourth-order valence-electron chi connectivity index (χ4n) is 0.926. The summed E-state index contributed by atoms with van der Waals surface area (Å²) in [5, 5.41) is 0.529. The third-order valence-corrected chi connectivity index (χ3v) is 2.80. The Morgan fingerprint density at radius 1 is 1.44 bits per heavy atom. The molecule has 0 bridgehead atoms. The smallest absolute Gasteiger partial charge is 0.268 e. The van der Waals surface area contributed by atoms with Gasteiger partial charge in [-0.15, -0.1) is 0 Å². The van der Waals surface area contributed by atoms with Crippen molar-refractivity contribution in [2.75, 3.05) is 0 Å². The van der Waals surface area contributed by atoms with Gasteiger partial charge < -0.3 is 0 Å². The molecule has 0 aliphatic carbocycles. The zero-order valence-corrected chi connectivity index (χ0v) is 12.2. The molecule has 1 aromatic carbocycles. The average molecular weight is 354 g/mol. The van der Waals surface area contributed by atoms with Crippen molar-refractivity contribution in [1.29, 1.82) is 0 Å². The molecular formula is C11H13ClINO2. The van der Waals surface area contributed by atoms with Gasteiger partial charge in [0.05, 0.1) is 11.2 Å². The van der Waals surface area contributed by atoms with Crippen LogP contribution in [0.25, 0.3) is 0 Å². The minimum absolute atomic E-state index is 0.290. The van der Waals surface area contributed by atoms with Crippen molar-refractivity contribution in [1.82, 2.24) is 5.48 Å². The van der Waals surface area contributed by atoms with Crippen LogP contribution in [0.15, 0.2) is 18.2 Å². The Morgan fingerprint density at radius 3 is 2.62 bits per heavy atom. The van der Waals surface area contributed by atoms with Crippen molar-refractivity contribution in [2.45, 2.75) is 26.4 Å². The second-order valence-corrected chi connectivity index (χ2v) is 5.87. The van der Waals surface area contributed by atoms with Gasteiger partial charge in [0.25, 0.3) is 5.91 Å². The number of halogens is 2. The average Bonchev–Trinajstić information content (AvgIpc) is 2.17. The minimum Gasteiger partial charge on any atom is -0.268 e. The number of carbonyl (C=O) groups is 1. The molecule has 0 spiro atoms. The van der Waals surface area contributed by atoms with Gasteiger partial charge in [0, 0.05) is 8.59 Å². The van der Waals surface area contributed by atoms with Crippen LogP contribution in [0.1, 0.15) is 31.1 Å². The summed E-state index contributed by atoms with van der Waals surface area (Å²) in [5.74, 6) is -0.290. The molecule has 1 aromatic rings. The van der Waals surface area contributed by atoms with E-state index in [4.69, 9.17) is 16.4 Å². The lowest BCUT2D eigenvalue weighted by molar-refractivity contribution is -0.0590. The van der Waals surface area contributed by atoms with Crippen LogP contribution >= 0.6 is 34.2 Å². The Morgan fingerprint density at radius 2 is 2.06 bits per heavy atom. The largest absolute Gasteiger partial charge is 0.275 e. The van der Waals surface area contributed by atoms with Gasteiger partial charge in [-0.1, -0.05) is 11.6 Å². The second-order valence-electron chi connectivity index (χ2n) is 4.27. The fraction of sp³-hybridized carbons (Fsp3) is 0.364. The zero-order valence-electron chi connectivity index (χ0n) is 9.30. The predicted molar refractivity (Wildman–Crippen MR) is 72.5 cm³/mol. The number of hydroxylamine groups is 1. The number of carbonyl (C=O) groups excluding carboxylic acids is 1. The second kappa shape index (κ2) is 5.33. The highest BCUT2D eigenvalue weighted by molar-refractivity contribution is 14.1. The zero-order chi connectivity index (χ0) is 12.3. The van der Waals surface area contributed by atoms with Crippen molar-refractivity contribution in [3.63, 3.8) is 0 Å². The van der Waals surface area contributed by atoms with Gasteiger partial charge in [0.15, 0.2) is 0 Å². The molecule has 0 aromatic heterocycles. The maximum Gasteiger partial charge on any atom is 0.275 e. The SMILES string of the molecule is CC(C)(C)ONC(=O)c1cc(Cl)ccc1I. The standard InChI is InChI=1S/C11H13ClINO2/c1-11(2,3)16-14-10(15)8-6-7(12)4-5-9(8)13/h4-6H,1-3H3,(H,14,15). The Kier molecular flexibility index (Phi) is 4.58. The van der Waals surface area contributed by atoms with E-state index in [9.17, 15) is 4.79 Å². The van der Waals surface area contributed by atoms with E-state index in [2.05, 4.69) is 28.1 Å². The third-order valence-electron chi connectivity index (χ3n) is 1.62. The van der Waals surface area contributed by atoms with Gasteiger partial charge in [-0.3, -0.25) is 9.63 Å². The summed E-state index contributed by atoms with van der Waals surface area (Å²) in [6.07, 6.45) is 0. The summed E-state index contributed by atoms with van der Waals surface area (Å²) in [4.78, 5) is 17.0. The molecule has 0 aliphatic rings. The molecule has 0 heterocycles. The van der Waals surface area contributed by atoms with Crippen LogP contribution in [-0.4, -0.2) is 11.5 Å². The summed E-state index contributed by atoms with van der Waals surface area (Å²) < 4.78 is 0.831. The highest BCUT2D eigenvalue weighted by atomic mass is 127. The summed E-state index contributed by atoms with van der Waals surface area (Å²) in [6, 6.07) is 5.14. The van der Waals surface area contributed by atoms with E-state index < -0.39 is 5.60 Å². The molecule has 0 aliphatic heterocycles. The molecule has 0 unspecified atom stereocenters. The lowest BCUT2D eigenvalue weighted by Crippen LogP contribution is -2.33.